The van der Waals surface area contributed by atoms with Crippen LogP contribution < -0.4 is 15.4 Å². The van der Waals surface area contributed by atoms with Gasteiger partial charge in [0.2, 0.25) is 5.91 Å². The molecule has 2 unspecified atom stereocenters. The molecule has 1 heterocycles. The summed E-state index contributed by atoms with van der Waals surface area (Å²) >= 11 is 0. The second kappa shape index (κ2) is 14.2. The van der Waals surface area contributed by atoms with Gasteiger partial charge in [-0.25, -0.2) is 0 Å². The Labute approximate surface area is 257 Å². The molecule has 0 saturated carbocycles. The Morgan fingerprint density at radius 2 is 1.56 bits per heavy atom. The van der Waals surface area contributed by atoms with E-state index in [9.17, 15) is 35.9 Å². The van der Waals surface area contributed by atoms with Gasteiger partial charge in [-0.3, -0.25) is 9.59 Å². The largest absolute Gasteiger partial charge is 0.497 e. The Kier molecular flexibility index (Phi) is 10.6. The van der Waals surface area contributed by atoms with Gasteiger partial charge in [0.15, 0.2) is 0 Å². The van der Waals surface area contributed by atoms with Crippen molar-refractivity contribution in [3.8, 4) is 5.75 Å². The van der Waals surface area contributed by atoms with E-state index in [1.165, 1.54) is 12.0 Å². The smallest absolute Gasteiger partial charge is 0.416 e. The van der Waals surface area contributed by atoms with E-state index in [4.69, 9.17) is 4.74 Å². The first-order valence-corrected chi connectivity index (χ1v) is 14.3. The Bertz CT molecular complexity index is 1420. The van der Waals surface area contributed by atoms with Crippen LogP contribution in [0.1, 0.15) is 52.9 Å². The maximum Gasteiger partial charge on any atom is 0.416 e. The van der Waals surface area contributed by atoms with Crippen LogP contribution in [0.3, 0.4) is 0 Å². The first-order valence-electron chi connectivity index (χ1n) is 14.3. The molecular weight excluding hydrogens is 602 g/mol. The van der Waals surface area contributed by atoms with Gasteiger partial charge in [0.25, 0.3) is 5.91 Å². The lowest BCUT2D eigenvalue weighted by atomic mass is 10.0. The molecule has 0 radical (unpaired) electrons. The topological polar surface area (TPSA) is 73.9 Å². The highest BCUT2D eigenvalue weighted by Gasteiger charge is 2.40. The molecule has 2 atom stereocenters. The van der Waals surface area contributed by atoms with Crippen molar-refractivity contribution in [3.05, 3.63) is 95.1 Å². The van der Waals surface area contributed by atoms with Gasteiger partial charge < -0.3 is 25.2 Å². The van der Waals surface area contributed by atoms with E-state index in [0.717, 1.165) is 17.0 Å². The van der Waals surface area contributed by atoms with Crippen molar-refractivity contribution in [3.63, 3.8) is 0 Å². The SMILES string of the molecule is CCC(CCNc1ccccc1)NCC(=O)N1CN(C(=O)c2cc(C(F)(F)F)cc(C(F)(F)F)c2)CC1c1ccc(OC)cc1. The number of benzene rings is 3. The Morgan fingerprint density at radius 3 is 2.11 bits per heavy atom. The third-order valence-electron chi connectivity index (χ3n) is 7.67. The number of carbonyl (C=O) groups excluding carboxylic acids is 2. The second-order valence-electron chi connectivity index (χ2n) is 10.7. The number of rotatable bonds is 11. The highest BCUT2D eigenvalue weighted by molar-refractivity contribution is 5.95. The number of hydrogen-bond acceptors (Lipinski definition) is 5. The molecule has 1 fully saturated rings. The van der Waals surface area contributed by atoms with Crippen molar-refractivity contribution in [2.45, 2.75) is 44.2 Å². The number of hydrogen-bond donors (Lipinski definition) is 2. The number of ether oxygens (including phenoxy) is 1. The molecule has 0 aliphatic carbocycles. The molecule has 1 saturated heterocycles. The van der Waals surface area contributed by atoms with Crippen LogP contribution in [0.4, 0.5) is 32.0 Å². The molecule has 7 nitrogen and oxygen atoms in total. The molecule has 1 aliphatic heterocycles. The average molecular weight is 637 g/mol. The number of nitrogens with one attached hydrogen (secondary N) is 2. The average Bonchev–Trinajstić information content (AvgIpc) is 3.47. The lowest BCUT2D eigenvalue weighted by Gasteiger charge is -2.25. The minimum atomic E-state index is -5.10. The van der Waals surface area contributed by atoms with E-state index < -0.39 is 41.0 Å². The minimum Gasteiger partial charge on any atom is -0.497 e. The third kappa shape index (κ3) is 8.68. The summed E-state index contributed by atoms with van der Waals surface area (Å²) in [7, 11) is 1.48. The number of carbonyl (C=O) groups is 2. The van der Waals surface area contributed by atoms with Crippen LogP contribution in [-0.4, -0.2) is 61.1 Å². The van der Waals surface area contributed by atoms with Crippen molar-refractivity contribution in [2.24, 2.45) is 0 Å². The highest BCUT2D eigenvalue weighted by Crippen LogP contribution is 2.37. The monoisotopic (exact) mass is 636 g/mol. The van der Waals surface area contributed by atoms with Gasteiger partial charge in [0.05, 0.1) is 37.5 Å². The Hall–Kier alpha value is -4.26. The zero-order valence-electron chi connectivity index (χ0n) is 24.7. The molecule has 0 aromatic heterocycles. The zero-order valence-corrected chi connectivity index (χ0v) is 24.7. The summed E-state index contributed by atoms with van der Waals surface area (Å²) in [6, 6.07) is 16.4. The molecule has 0 bridgehead atoms. The van der Waals surface area contributed by atoms with Gasteiger partial charge in [-0.1, -0.05) is 37.3 Å². The molecular formula is C32H34F6N4O3. The molecule has 242 valence electrons. The lowest BCUT2D eigenvalue weighted by Crippen LogP contribution is -2.43. The van der Waals surface area contributed by atoms with Crippen molar-refractivity contribution in [1.82, 2.24) is 15.1 Å². The first-order chi connectivity index (χ1) is 21.3. The van der Waals surface area contributed by atoms with Gasteiger partial charge in [-0.2, -0.15) is 26.3 Å². The first kappa shape index (κ1) is 33.6. The highest BCUT2D eigenvalue weighted by atomic mass is 19.4. The van der Waals surface area contributed by atoms with Gasteiger partial charge in [-0.15, -0.1) is 0 Å². The zero-order chi connectivity index (χ0) is 32.8. The van der Waals surface area contributed by atoms with Crippen molar-refractivity contribution in [2.75, 3.05) is 38.7 Å². The number of para-hydroxylation sites is 1. The summed E-state index contributed by atoms with van der Waals surface area (Å²) in [5, 5.41) is 6.56. The van der Waals surface area contributed by atoms with Crippen LogP contribution in [0, 0.1) is 0 Å². The maximum absolute atomic E-state index is 13.5. The standard InChI is InChI=1S/C32H34F6N4O3/c1-3-25(13-14-39-26-7-5-4-6-8-26)40-18-29(43)42-20-41(19-28(42)21-9-11-27(45-2)12-10-21)30(44)22-15-23(31(33,34)35)17-24(16-22)32(36,37)38/h4-12,15-17,25,28,39-40H,3,13-14,18-20H2,1-2H3. The molecule has 4 rings (SSSR count). The number of anilines is 1. The summed E-state index contributed by atoms with van der Waals surface area (Å²) in [6.45, 7) is 2.10. The van der Waals surface area contributed by atoms with Crippen molar-refractivity contribution >= 4 is 17.5 Å². The quantitative estimate of drug-likeness (QED) is 0.233. The normalized spacial score (nSPS) is 16.0. The van der Waals surface area contributed by atoms with Gasteiger partial charge in [0.1, 0.15) is 5.75 Å². The van der Waals surface area contributed by atoms with E-state index in [1.54, 1.807) is 24.3 Å². The second-order valence-corrected chi connectivity index (χ2v) is 10.7. The van der Waals surface area contributed by atoms with Crippen LogP contribution in [0.5, 0.6) is 5.75 Å². The summed E-state index contributed by atoms with van der Waals surface area (Å²) in [5.74, 6) is -0.879. The predicted octanol–water partition coefficient (Wildman–Crippen LogP) is 6.59. The lowest BCUT2D eigenvalue weighted by molar-refractivity contribution is -0.143. The van der Waals surface area contributed by atoms with Crippen molar-refractivity contribution in [1.29, 1.82) is 0 Å². The molecule has 45 heavy (non-hydrogen) atoms. The van der Waals surface area contributed by atoms with E-state index >= 15 is 0 Å². The van der Waals surface area contributed by atoms with E-state index in [0.29, 0.717) is 36.4 Å². The van der Waals surface area contributed by atoms with E-state index in [1.807, 2.05) is 37.3 Å². The van der Waals surface area contributed by atoms with E-state index in [-0.39, 0.29) is 37.8 Å². The fourth-order valence-electron chi connectivity index (χ4n) is 5.15. The van der Waals surface area contributed by atoms with Gasteiger partial charge in [-0.05, 0) is 60.9 Å². The van der Waals surface area contributed by atoms with Crippen LogP contribution >= 0.6 is 0 Å². The van der Waals surface area contributed by atoms with Crippen LogP contribution in [0.15, 0.2) is 72.8 Å². The van der Waals surface area contributed by atoms with Gasteiger partial charge >= 0.3 is 12.4 Å². The van der Waals surface area contributed by atoms with Gasteiger partial charge in [0, 0.05) is 30.4 Å². The molecule has 1 aliphatic rings. The summed E-state index contributed by atoms with van der Waals surface area (Å²) in [6.07, 6.45) is -8.77. The molecule has 0 spiro atoms. The summed E-state index contributed by atoms with van der Waals surface area (Å²) in [5.41, 5.74) is -2.35. The minimum absolute atomic E-state index is 0.0177. The predicted molar refractivity (Wildman–Crippen MR) is 157 cm³/mol. The summed E-state index contributed by atoms with van der Waals surface area (Å²) < 4.78 is 86.0. The third-order valence-corrected chi connectivity index (χ3v) is 7.67. The fraction of sp³-hybridized carbons (Fsp3) is 0.375. The molecule has 2 amide bonds. The molecule has 2 N–H and O–H groups in total. The van der Waals surface area contributed by atoms with Crippen LogP contribution in [0.2, 0.25) is 0 Å². The molecule has 13 heteroatoms. The number of methoxy groups -OCH3 is 1. The number of nitrogens with zero attached hydrogens (tertiary/aromatic N) is 2. The fourth-order valence-corrected chi connectivity index (χ4v) is 5.15. The van der Waals surface area contributed by atoms with Crippen LogP contribution in [0.25, 0.3) is 0 Å². The number of amides is 2. The van der Waals surface area contributed by atoms with Crippen LogP contribution in [-0.2, 0) is 17.1 Å². The van der Waals surface area contributed by atoms with E-state index in [2.05, 4.69) is 10.6 Å². The molecule has 3 aromatic carbocycles. The van der Waals surface area contributed by atoms with Crippen molar-refractivity contribution < 1.29 is 40.7 Å². The Morgan fingerprint density at radius 1 is 0.933 bits per heavy atom. The number of alkyl halides is 6. The number of halogens is 6. The Balaban J connectivity index is 1.52. The molecule has 3 aromatic rings. The maximum atomic E-state index is 13.5. The summed E-state index contributed by atoms with van der Waals surface area (Å²) in [4.78, 5) is 29.4.